The lowest BCUT2D eigenvalue weighted by atomic mass is 9.95. The Morgan fingerprint density at radius 2 is 0.980 bits per heavy atom. The first-order valence-corrected chi connectivity index (χ1v) is 17.4. The van der Waals surface area contributed by atoms with Gasteiger partial charge in [-0.15, -0.1) is 11.3 Å². The van der Waals surface area contributed by atoms with E-state index < -0.39 is 0 Å². The van der Waals surface area contributed by atoms with Crippen molar-refractivity contribution >= 4 is 53.4 Å². The Balaban J connectivity index is 1.17. The first-order valence-electron chi connectivity index (χ1n) is 16.6. The molecule has 0 aliphatic rings. The van der Waals surface area contributed by atoms with Crippen LogP contribution >= 0.6 is 11.3 Å². The molecule has 0 N–H and O–H groups in total. The molecule has 0 saturated carbocycles. The third kappa shape index (κ3) is 4.79. The monoisotopic (exact) mass is 657 g/mol. The summed E-state index contributed by atoms with van der Waals surface area (Å²) in [5.74, 6) is 1.86. The molecule has 0 spiro atoms. The van der Waals surface area contributed by atoms with E-state index in [0.717, 1.165) is 44.2 Å². The highest BCUT2D eigenvalue weighted by molar-refractivity contribution is 7.26. The number of furan rings is 1. The molecule has 0 radical (unpaired) electrons. The molecule has 3 aromatic heterocycles. The lowest BCUT2D eigenvalue weighted by Gasteiger charge is -2.09. The van der Waals surface area contributed by atoms with Crippen LogP contribution < -0.4 is 0 Å². The van der Waals surface area contributed by atoms with Crippen molar-refractivity contribution < 1.29 is 4.42 Å². The summed E-state index contributed by atoms with van der Waals surface area (Å²) in [6, 6.07) is 56.8. The summed E-state index contributed by atoms with van der Waals surface area (Å²) < 4.78 is 9.36. The second-order valence-electron chi connectivity index (χ2n) is 12.4. The molecule has 0 saturated heterocycles. The summed E-state index contributed by atoms with van der Waals surface area (Å²) in [7, 11) is 0. The maximum atomic E-state index is 6.83. The van der Waals surface area contributed by atoms with Crippen LogP contribution in [0, 0.1) is 0 Å². The van der Waals surface area contributed by atoms with Crippen molar-refractivity contribution in [3.8, 4) is 56.4 Å². The van der Waals surface area contributed by atoms with Crippen LogP contribution in [0.4, 0.5) is 0 Å². The fourth-order valence-electron chi connectivity index (χ4n) is 6.91. The molecule has 234 valence electrons. The minimum Gasteiger partial charge on any atom is -0.455 e. The van der Waals surface area contributed by atoms with Gasteiger partial charge in [-0.05, 0) is 41.5 Å². The minimum absolute atomic E-state index is 0.600. The van der Waals surface area contributed by atoms with Crippen molar-refractivity contribution in [2.75, 3.05) is 0 Å². The molecule has 0 bridgehead atoms. The second-order valence-corrected chi connectivity index (χ2v) is 13.5. The largest absolute Gasteiger partial charge is 0.455 e. The van der Waals surface area contributed by atoms with Crippen LogP contribution in [0.15, 0.2) is 168 Å². The van der Waals surface area contributed by atoms with Crippen LogP contribution in [0.5, 0.6) is 0 Å². The van der Waals surface area contributed by atoms with Gasteiger partial charge in [-0.3, -0.25) is 0 Å². The van der Waals surface area contributed by atoms with Crippen LogP contribution in [-0.2, 0) is 0 Å². The molecule has 4 nitrogen and oxygen atoms in total. The average molecular weight is 658 g/mol. The first-order chi connectivity index (χ1) is 24.8. The number of rotatable bonds is 5. The highest BCUT2D eigenvalue weighted by atomic mass is 32.1. The predicted molar refractivity (Wildman–Crippen MR) is 207 cm³/mol. The normalized spacial score (nSPS) is 11.6. The van der Waals surface area contributed by atoms with Gasteiger partial charge in [0.1, 0.15) is 11.2 Å². The molecule has 0 fully saturated rings. The van der Waals surface area contributed by atoms with E-state index in [-0.39, 0.29) is 0 Å². The van der Waals surface area contributed by atoms with E-state index >= 15 is 0 Å². The lowest BCUT2D eigenvalue weighted by molar-refractivity contribution is 0.670. The van der Waals surface area contributed by atoms with Crippen LogP contribution in [-0.4, -0.2) is 15.0 Å². The van der Waals surface area contributed by atoms with Gasteiger partial charge in [0.05, 0.1) is 0 Å². The van der Waals surface area contributed by atoms with Crippen molar-refractivity contribution in [2.24, 2.45) is 0 Å². The second kappa shape index (κ2) is 11.6. The van der Waals surface area contributed by atoms with E-state index in [2.05, 4.69) is 103 Å². The maximum Gasteiger partial charge on any atom is 0.164 e. The van der Waals surface area contributed by atoms with Gasteiger partial charge < -0.3 is 4.42 Å². The number of benzene rings is 7. The zero-order chi connectivity index (χ0) is 33.0. The molecule has 5 heteroatoms. The van der Waals surface area contributed by atoms with E-state index in [1.165, 1.54) is 36.9 Å². The van der Waals surface area contributed by atoms with E-state index in [9.17, 15) is 0 Å². The van der Waals surface area contributed by atoms with Crippen LogP contribution in [0.2, 0.25) is 0 Å². The quantitative estimate of drug-likeness (QED) is 0.185. The molecular formula is C45H27N3OS. The Kier molecular flexibility index (Phi) is 6.64. The molecule has 0 aliphatic carbocycles. The van der Waals surface area contributed by atoms with Gasteiger partial charge in [0.25, 0.3) is 0 Å². The van der Waals surface area contributed by atoms with Crippen LogP contribution in [0.3, 0.4) is 0 Å². The van der Waals surface area contributed by atoms with Crippen molar-refractivity contribution in [1.29, 1.82) is 0 Å². The zero-order valence-corrected chi connectivity index (χ0v) is 27.6. The first kappa shape index (κ1) is 28.6. The van der Waals surface area contributed by atoms with Gasteiger partial charge in [0.2, 0.25) is 0 Å². The molecule has 3 heterocycles. The van der Waals surface area contributed by atoms with Gasteiger partial charge in [-0.25, -0.2) is 15.0 Å². The zero-order valence-electron chi connectivity index (χ0n) is 26.7. The summed E-state index contributed by atoms with van der Waals surface area (Å²) >= 11 is 1.84. The summed E-state index contributed by atoms with van der Waals surface area (Å²) in [5, 5.41) is 4.66. The summed E-state index contributed by atoms with van der Waals surface area (Å²) in [6.07, 6.45) is 0. The van der Waals surface area contributed by atoms with Gasteiger partial charge in [-0.1, -0.05) is 133 Å². The van der Waals surface area contributed by atoms with Gasteiger partial charge >= 0.3 is 0 Å². The number of thiophene rings is 1. The SMILES string of the molecule is c1ccc(-c2cc(-c3cccc4c3oc3cc(-c5nc(-c6ccccc6)nc(-c6ccccc6)n5)ccc34)c3sc4ccccc4c3c2)cc1. The van der Waals surface area contributed by atoms with Crippen molar-refractivity contribution in [2.45, 2.75) is 0 Å². The fourth-order valence-corrected chi connectivity index (χ4v) is 8.12. The third-order valence-electron chi connectivity index (χ3n) is 9.33. The Morgan fingerprint density at radius 3 is 1.68 bits per heavy atom. The topological polar surface area (TPSA) is 51.8 Å². The number of aromatic nitrogens is 3. The van der Waals surface area contributed by atoms with Crippen molar-refractivity contribution in [3.63, 3.8) is 0 Å². The molecule has 50 heavy (non-hydrogen) atoms. The summed E-state index contributed by atoms with van der Waals surface area (Å²) in [4.78, 5) is 14.8. The molecule has 10 aromatic rings. The van der Waals surface area contributed by atoms with E-state index in [1.807, 2.05) is 72.0 Å². The van der Waals surface area contributed by atoms with Gasteiger partial charge in [-0.2, -0.15) is 0 Å². The molecule has 0 amide bonds. The van der Waals surface area contributed by atoms with E-state index in [1.54, 1.807) is 0 Å². The summed E-state index contributed by atoms with van der Waals surface area (Å²) in [6.45, 7) is 0. The number of fused-ring (bicyclic) bond motifs is 6. The minimum atomic E-state index is 0.600. The Bertz CT molecular complexity index is 2800. The Hall–Kier alpha value is -6.43. The third-order valence-corrected chi connectivity index (χ3v) is 10.6. The Morgan fingerprint density at radius 1 is 0.380 bits per heavy atom. The number of para-hydroxylation sites is 1. The highest BCUT2D eigenvalue weighted by Gasteiger charge is 2.19. The molecule has 7 aromatic carbocycles. The van der Waals surface area contributed by atoms with Crippen molar-refractivity contribution in [3.05, 3.63) is 164 Å². The van der Waals surface area contributed by atoms with Gasteiger partial charge in [0, 0.05) is 58.8 Å². The Labute approximate surface area is 292 Å². The number of hydrogen-bond donors (Lipinski definition) is 0. The highest BCUT2D eigenvalue weighted by Crippen LogP contribution is 2.45. The number of nitrogens with zero attached hydrogens (tertiary/aromatic N) is 3. The molecular weight excluding hydrogens is 631 g/mol. The van der Waals surface area contributed by atoms with Gasteiger partial charge in [0.15, 0.2) is 17.5 Å². The fraction of sp³-hybridized carbons (Fsp3) is 0. The standard InChI is InChI=1S/C45H27N3OS/c1-4-13-28(14-5-1)32-25-37-34-19-10-11-22-40(34)50-42(37)38(26-32)36-21-12-20-35-33-24-23-31(27-39(33)49-41(35)36)45-47-43(29-15-6-2-7-16-29)46-44(48-45)30-17-8-3-9-18-30/h1-27H. The van der Waals surface area contributed by atoms with Crippen LogP contribution in [0.1, 0.15) is 0 Å². The number of hydrogen-bond acceptors (Lipinski definition) is 5. The molecule has 0 aliphatic heterocycles. The van der Waals surface area contributed by atoms with E-state index in [4.69, 9.17) is 19.4 Å². The predicted octanol–water partition coefficient (Wildman–Crippen LogP) is 12.5. The molecule has 0 unspecified atom stereocenters. The van der Waals surface area contributed by atoms with Crippen LogP contribution in [0.25, 0.3) is 98.5 Å². The molecule has 0 atom stereocenters. The summed E-state index contributed by atoms with van der Waals surface area (Å²) in [5.41, 5.74) is 9.03. The van der Waals surface area contributed by atoms with E-state index in [0.29, 0.717) is 17.5 Å². The smallest absolute Gasteiger partial charge is 0.164 e. The maximum absolute atomic E-state index is 6.83. The van der Waals surface area contributed by atoms with Crippen molar-refractivity contribution in [1.82, 2.24) is 15.0 Å². The lowest BCUT2D eigenvalue weighted by Crippen LogP contribution is -2.00. The molecule has 10 rings (SSSR count). The average Bonchev–Trinajstić information content (AvgIpc) is 3.77.